The number of alkyl halides is 9. The average Bonchev–Trinajstić information content (AvgIpc) is 1.71. The lowest BCUT2D eigenvalue weighted by Crippen LogP contribution is -2.73. The molecule has 0 N–H and O–H groups in total. The molecule has 0 atom stereocenters. The van der Waals surface area contributed by atoms with E-state index in [1.807, 2.05) is 0 Å². The van der Waals surface area contributed by atoms with Crippen molar-refractivity contribution in [3.05, 3.63) is 0 Å². The fourth-order valence-electron chi connectivity index (χ4n) is 1.24. The highest BCUT2D eigenvalue weighted by molar-refractivity contribution is 6.05. The smallest absolute Gasteiger partial charge is 0.307 e. The Bertz CT molecular complexity index is 212. The van der Waals surface area contributed by atoms with Crippen LogP contribution in [-0.4, -0.2) is 46.1 Å². The summed E-state index contributed by atoms with van der Waals surface area (Å²) in [5.41, 5.74) is -5.79. The second-order valence-electron chi connectivity index (χ2n) is 3.10. The highest BCUT2D eigenvalue weighted by Gasteiger charge is 2.84. The van der Waals surface area contributed by atoms with Crippen LogP contribution in [0.4, 0.5) is 39.5 Å². The van der Waals surface area contributed by atoms with Crippen LogP contribution in [-0.2, 0) is 0 Å². The van der Waals surface area contributed by atoms with Gasteiger partial charge in [-0.15, -0.1) is 0 Å². The van der Waals surface area contributed by atoms with Crippen molar-refractivity contribution in [2.45, 2.75) is 24.1 Å². The first-order chi connectivity index (χ1) is 6.69. The van der Waals surface area contributed by atoms with E-state index in [9.17, 15) is 39.5 Å². The van der Waals surface area contributed by atoms with Gasteiger partial charge in [-0.3, -0.25) is 0 Å². The van der Waals surface area contributed by atoms with Gasteiger partial charge in [-0.2, -0.15) is 39.5 Å². The molecule has 0 saturated carbocycles. The van der Waals surface area contributed by atoms with Crippen molar-refractivity contribution in [2.24, 2.45) is 0 Å². The second-order valence-corrected chi connectivity index (χ2v) is 4.44. The molecule has 1 nitrogen and oxygen atoms in total. The third-order valence-electron chi connectivity index (χ3n) is 1.90. The van der Waals surface area contributed by atoms with Crippen molar-refractivity contribution in [2.75, 3.05) is 7.05 Å². The molecule has 0 fully saturated rings. The van der Waals surface area contributed by atoms with Crippen LogP contribution in [0.3, 0.4) is 0 Å². The Kier molecular flexibility index (Phi) is 3.68. The summed E-state index contributed by atoms with van der Waals surface area (Å²) >= 11 is 0. The van der Waals surface area contributed by atoms with Gasteiger partial charge in [0.15, 0.2) is 0 Å². The average molecular weight is 279 g/mol. The van der Waals surface area contributed by atoms with Gasteiger partial charge >= 0.3 is 24.1 Å². The lowest BCUT2D eigenvalue weighted by Gasteiger charge is -2.43. The summed E-state index contributed by atoms with van der Waals surface area (Å²) in [4.78, 5) is 0. The van der Waals surface area contributed by atoms with Gasteiger partial charge in [0.2, 0.25) is 0 Å². The first-order valence-corrected chi connectivity index (χ1v) is 4.46. The summed E-state index contributed by atoms with van der Waals surface area (Å²) in [6, 6.07) is 0. The van der Waals surface area contributed by atoms with Crippen LogP contribution >= 0.6 is 0 Å². The van der Waals surface area contributed by atoms with Crippen LogP contribution in [0, 0.1) is 0 Å². The fraction of sp³-hybridized carbons (Fsp3) is 1.00. The molecule has 0 bridgehead atoms. The van der Waals surface area contributed by atoms with Crippen LogP contribution in [0.5, 0.6) is 0 Å². The minimum absolute atomic E-state index is 0.126. The van der Waals surface area contributed by atoms with Gasteiger partial charge in [0.25, 0.3) is 0 Å². The molecule has 0 radical (unpaired) electrons. The van der Waals surface area contributed by atoms with E-state index in [1.54, 1.807) is 0 Å². The molecule has 0 rings (SSSR count). The molecule has 0 amide bonds. The lowest BCUT2D eigenvalue weighted by molar-refractivity contribution is -0.407. The first-order valence-electron chi connectivity index (χ1n) is 3.57. The van der Waals surface area contributed by atoms with Crippen LogP contribution in [0.15, 0.2) is 0 Å². The van der Waals surface area contributed by atoms with Crippen molar-refractivity contribution in [3.8, 4) is 0 Å². The molecule has 0 aromatic heterocycles. The Morgan fingerprint density at radius 1 is 0.688 bits per heavy atom. The molecule has 98 valence electrons. The normalized spacial score (nSPS) is 15.9. The van der Waals surface area contributed by atoms with E-state index in [0.717, 1.165) is 0 Å². The van der Waals surface area contributed by atoms with Crippen LogP contribution in [0.2, 0.25) is 0 Å². The number of hydrogen-bond donors (Lipinski definition) is 0. The summed E-state index contributed by atoms with van der Waals surface area (Å²) in [6.45, 7) is 0. The predicted octanol–water partition coefficient (Wildman–Crippen LogP) is 1.62. The van der Waals surface area contributed by atoms with E-state index in [2.05, 4.69) is 0 Å². The zero-order valence-corrected chi connectivity index (χ0v) is 9.85. The fourth-order valence-corrected chi connectivity index (χ4v) is 2.00. The second kappa shape index (κ2) is 3.79. The largest absolute Gasteiger partial charge is 0.424 e. The quantitative estimate of drug-likeness (QED) is 0.521. The van der Waals surface area contributed by atoms with Gasteiger partial charge in [0.05, 0.1) is 10.4 Å². The lowest BCUT2D eigenvalue weighted by atomic mass is 9.97. The molecule has 0 aromatic carbocycles. The zero-order chi connectivity index (χ0) is 13.6. The van der Waals surface area contributed by atoms with Gasteiger partial charge in [0, 0.05) is 0 Å². The Hall–Kier alpha value is -0.453. The maximum atomic E-state index is 12.2. The molecule has 0 saturated heterocycles. The summed E-state index contributed by atoms with van der Waals surface area (Å²) in [6.07, 6.45) is -19.5. The molecule has 0 heterocycles. The predicted molar refractivity (Wildman–Crippen MR) is 38.6 cm³/mol. The summed E-state index contributed by atoms with van der Waals surface area (Å²) in [5, 5.41) is 0. The van der Waals surface area contributed by atoms with Crippen molar-refractivity contribution < 1.29 is 39.5 Å². The van der Waals surface area contributed by atoms with E-state index >= 15 is 0 Å². The maximum Gasteiger partial charge on any atom is 0.424 e. The molecule has 11 heteroatoms. The van der Waals surface area contributed by atoms with Crippen molar-refractivity contribution in [1.82, 2.24) is 4.57 Å². The maximum absolute atomic E-state index is 12.2. The highest BCUT2D eigenvalue weighted by atomic mass is 28.2. The van der Waals surface area contributed by atoms with Crippen molar-refractivity contribution in [3.63, 3.8) is 0 Å². The zero-order valence-electron chi connectivity index (χ0n) is 7.85. The monoisotopic (exact) mass is 279 g/mol. The van der Waals surface area contributed by atoms with Gasteiger partial charge in [0.1, 0.15) is 0 Å². The number of halogens is 9. The van der Waals surface area contributed by atoms with Crippen LogP contribution < -0.4 is 0 Å². The van der Waals surface area contributed by atoms with Gasteiger partial charge in [-0.05, 0) is 7.05 Å². The van der Waals surface area contributed by atoms with Gasteiger partial charge in [-0.25, -0.2) is 0 Å². The number of nitrogens with zero attached hydrogens (tertiary/aromatic N) is 1. The summed E-state index contributed by atoms with van der Waals surface area (Å²) in [5.74, 6) is 0. The van der Waals surface area contributed by atoms with E-state index in [0.29, 0.717) is 0 Å². The van der Waals surface area contributed by atoms with E-state index in [1.165, 1.54) is 0 Å². The van der Waals surface area contributed by atoms with Crippen LogP contribution in [0.25, 0.3) is 0 Å². The van der Waals surface area contributed by atoms with Crippen LogP contribution in [0.1, 0.15) is 0 Å². The standard InChI is InChI=1S/C5H6F9NSi/c1-15(16)2(3(6,7)8,4(9,10)11)5(12,13)14/h1,16H3. The van der Waals surface area contributed by atoms with E-state index in [4.69, 9.17) is 0 Å². The Morgan fingerprint density at radius 3 is 0.875 bits per heavy atom. The van der Waals surface area contributed by atoms with E-state index < -0.39 is 39.0 Å². The molecule has 0 spiro atoms. The van der Waals surface area contributed by atoms with Gasteiger partial charge < -0.3 is 4.57 Å². The molecule has 0 aromatic rings. The third-order valence-corrected chi connectivity index (χ3v) is 2.57. The first kappa shape index (κ1) is 15.5. The third kappa shape index (κ3) is 2.01. The molecular weight excluding hydrogens is 273 g/mol. The summed E-state index contributed by atoms with van der Waals surface area (Å²) in [7, 11) is -0.932. The van der Waals surface area contributed by atoms with Gasteiger partial charge in [-0.1, -0.05) is 0 Å². The highest BCUT2D eigenvalue weighted by Crippen LogP contribution is 2.54. The molecule has 0 aliphatic rings. The number of hydrogen-bond acceptors (Lipinski definition) is 1. The van der Waals surface area contributed by atoms with E-state index in [-0.39, 0.29) is 7.05 Å². The Morgan fingerprint density at radius 2 is 0.875 bits per heavy atom. The minimum atomic E-state index is -6.49. The molecule has 0 aliphatic heterocycles. The Balaban J connectivity index is 6.05. The minimum Gasteiger partial charge on any atom is -0.307 e. The molecule has 0 unspecified atom stereocenters. The van der Waals surface area contributed by atoms with Crippen molar-refractivity contribution >= 4 is 10.4 Å². The number of rotatable bonds is 1. The Labute approximate surface area is 86.7 Å². The topological polar surface area (TPSA) is 3.24 Å². The summed E-state index contributed by atoms with van der Waals surface area (Å²) < 4.78 is 109. The molecule has 16 heavy (non-hydrogen) atoms. The molecular formula is C5H6F9NSi. The van der Waals surface area contributed by atoms with Crippen molar-refractivity contribution in [1.29, 1.82) is 0 Å². The SMILES string of the molecule is CN([SiH3])C(C(F)(F)F)(C(F)(F)F)C(F)(F)F. The molecule has 0 aliphatic carbocycles.